The van der Waals surface area contributed by atoms with Crippen molar-refractivity contribution in [1.82, 2.24) is 19.9 Å². The Bertz CT molecular complexity index is 1290. The monoisotopic (exact) mass is 478 g/mol. The number of likely N-dealkylation sites (tertiary alicyclic amines) is 1. The number of aryl methyl sites for hydroxylation is 2. The van der Waals surface area contributed by atoms with Crippen molar-refractivity contribution in [3.05, 3.63) is 57.6 Å². The van der Waals surface area contributed by atoms with Crippen molar-refractivity contribution < 1.29 is 14.1 Å². The van der Waals surface area contributed by atoms with Crippen LogP contribution in [0.1, 0.15) is 70.0 Å². The zero-order valence-electron chi connectivity index (χ0n) is 19.2. The summed E-state index contributed by atoms with van der Waals surface area (Å²) < 4.78 is 5.12. The Labute approximate surface area is 203 Å². The smallest absolute Gasteiger partial charge is 0.276 e. The van der Waals surface area contributed by atoms with E-state index in [2.05, 4.69) is 5.16 Å². The van der Waals surface area contributed by atoms with Crippen molar-refractivity contribution in [3.63, 3.8) is 0 Å². The van der Waals surface area contributed by atoms with Crippen LogP contribution in [0.25, 0.3) is 10.9 Å². The molecule has 2 saturated heterocycles. The van der Waals surface area contributed by atoms with E-state index in [4.69, 9.17) is 21.1 Å². The summed E-state index contributed by atoms with van der Waals surface area (Å²) in [4.78, 5) is 35.4. The number of piperidine rings is 1. The highest BCUT2D eigenvalue weighted by Gasteiger charge is 2.42. The van der Waals surface area contributed by atoms with Gasteiger partial charge in [0, 0.05) is 35.8 Å². The molecule has 0 spiro atoms. The fourth-order valence-corrected chi connectivity index (χ4v) is 6.25. The largest absolute Gasteiger partial charge is 0.361 e. The van der Waals surface area contributed by atoms with Crippen LogP contribution in [0.5, 0.6) is 0 Å². The Morgan fingerprint density at radius 3 is 2.53 bits per heavy atom. The highest BCUT2D eigenvalue weighted by atomic mass is 35.5. The minimum Gasteiger partial charge on any atom is -0.361 e. The second-order valence-electron chi connectivity index (χ2n) is 9.77. The van der Waals surface area contributed by atoms with Crippen molar-refractivity contribution in [2.45, 2.75) is 64.0 Å². The number of carbonyl (C=O) groups is 2. The average Bonchev–Trinajstić information content (AvgIpc) is 3.28. The summed E-state index contributed by atoms with van der Waals surface area (Å²) in [7, 11) is 0. The number of pyridine rings is 1. The standard InChI is InChI=1S/C26H27ClN4O3/c1-15-11-23(29-34-15)26(33)31-17-5-4-6-18(31)14-30(13-17)25(32)16-9-10-20-22(12-16)28-21-8-3-2-7-19(21)24(20)27/h9-12,17-18H,2-8,13-14H2,1H3. The molecule has 2 aliphatic heterocycles. The average molecular weight is 479 g/mol. The lowest BCUT2D eigenvalue weighted by Crippen LogP contribution is -2.63. The highest BCUT2D eigenvalue weighted by Crippen LogP contribution is 2.34. The van der Waals surface area contributed by atoms with Gasteiger partial charge in [0.2, 0.25) is 0 Å². The van der Waals surface area contributed by atoms with Gasteiger partial charge >= 0.3 is 0 Å². The molecule has 176 valence electrons. The first kappa shape index (κ1) is 21.6. The van der Waals surface area contributed by atoms with Gasteiger partial charge in [0.1, 0.15) is 5.76 Å². The van der Waals surface area contributed by atoms with Crippen molar-refractivity contribution in [2.75, 3.05) is 13.1 Å². The molecule has 7 nitrogen and oxygen atoms in total. The van der Waals surface area contributed by atoms with E-state index in [9.17, 15) is 9.59 Å². The molecule has 1 aliphatic carbocycles. The normalized spacial score (nSPS) is 22.1. The molecule has 2 unspecified atom stereocenters. The Hall–Kier alpha value is -2.93. The van der Waals surface area contributed by atoms with E-state index in [1.54, 1.807) is 13.0 Å². The van der Waals surface area contributed by atoms with E-state index in [0.29, 0.717) is 30.1 Å². The molecule has 0 N–H and O–H groups in total. The molecule has 34 heavy (non-hydrogen) atoms. The molecule has 1 aromatic carbocycles. The van der Waals surface area contributed by atoms with Crippen LogP contribution in [0.2, 0.25) is 5.02 Å². The quantitative estimate of drug-likeness (QED) is 0.538. The molecular weight excluding hydrogens is 452 g/mol. The molecule has 0 radical (unpaired) electrons. The van der Waals surface area contributed by atoms with Crippen LogP contribution >= 0.6 is 11.6 Å². The van der Waals surface area contributed by atoms with Gasteiger partial charge in [-0.15, -0.1) is 0 Å². The second kappa shape index (κ2) is 8.38. The maximum atomic E-state index is 13.5. The summed E-state index contributed by atoms with van der Waals surface area (Å²) in [6.07, 6.45) is 6.99. The molecule has 2 atom stereocenters. The third-order valence-corrected chi connectivity index (χ3v) is 7.96. The maximum Gasteiger partial charge on any atom is 0.276 e. The first-order valence-corrected chi connectivity index (χ1v) is 12.5. The van der Waals surface area contributed by atoms with Crippen LogP contribution in [-0.2, 0) is 12.8 Å². The molecule has 3 aromatic rings. The summed E-state index contributed by atoms with van der Waals surface area (Å²) in [6, 6.07) is 7.33. The fraction of sp³-hybridized carbons (Fsp3) is 0.462. The first-order valence-electron chi connectivity index (χ1n) is 12.2. The number of fused-ring (bicyclic) bond motifs is 4. The minimum absolute atomic E-state index is 0.0130. The molecular formula is C26H27ClN4O3. The predicted octanol–water partition coefficient (Wildman–Crippen LogP) is 4.58. The lowest BCUT2D eigenvalue weighted by molar-refractivity contribution is 0.000462. The number of amides is 2. The van der Waals surface area contributed by atoms with Gasteiger partial charge in [-0.3, -0.25) is 14.6 Å². The van der Waals surface area contributed by atoms with E-state index in [-0.39, 0.29) is 23.9 Å². The van der Waals surface area contributed by atoms with Crippen LogP contribution in [-0.4, -0.2) is 56.9 Å². The Morgan fingerprint density at radius 1 is 1.03 bits per heavy atom. The Morgan fingerprint density at radius 2 is 1.79 bits per heavy atom. The predicted molar refractivity (Wildman–Crippen MR) is 128 cm³/mol. The van der Waals surface area contributed by atoms with Crippen LogP contribution in [0, 0.1) is 6.92 Å². The first-order chi connectivity index (χ1) is 16.5. The highest BCUT2D eigenvalue weighted by molar-refractivity contribution is 6.36. The summed E-state index contributed by atoms with van der Waals surface area (Å²) in [5.74, 6) is 0.500. The van der Waals surface area contributed by atoms with Crippen molar-refractivity contribution in [1.29, 1.82) is 0 Å². The number of rotatable bonds is 2. The fourth-order valence-electron chi connectivity index (χ4n) is 5.89. The zero-order chi connectivity index (χ0) is 23.4. The molecule has 8 heteroatoms. The Kier molecular flexibility index (Phi) is 5.32. The number of halogens is 1. The third kappa shape index (κ3) is 3.57. The van der Waals surface area contributed by atoms with E-state index >= 15 is 0 Å². The molecule has 2 bridgehead atoms. The van der Waals surface area contributed by atoms with Gasteiger partial charge < -0.3 is 14.3 Å². The number of benzene rings is 1. The van der Waals surface area contributed by atoms with Gasteiger partial charge in [-0.05, 0) is 69.6 Å². The molecule has 2 aromatic heterocycles. The third-order valence-electron chi connectivity index (χ3n) is 7.53. The van der Waals surface area contributed by atoms with E-state index in [1.807, 2.05) is 28.0 Å². The minimum atomic E-state index is -0.104. The summed E-state index contributed by atoms with van der Waals surface area (Å²) in [6.45, 7) is 2.82. The number of hydrogen-bond donors (Lipinski definition) is 0. The summed E-state index contributed by atoms with van der Waals surface area (Å²) >= 11 is 6.72. The van der Waals surface area contributed by atoms with Crippen LogP contribution < -0.4 is 0 Å². The van der Waals surface area contributed by atoms with Gasteiger partial charge in [-0.1, -0.05) is 22.8 Å². The van der Waals surface area contributed by atoms with Crippen molar-refractivity contribution in [2.24, 2.45) is 0 Å². The maximum absolute atomic E-state index is 13.5. The van der Waals surface area contributed by atoms with Gasteiger partial charge in [0.15, 0.2) is 5.69 Å². The molecule has 2 amide bonds. The number of hydrogen-bond acceptors (Lipinski definition) is 5. The van der Waals surface area contributed by atoms with Gasteiger partial charge in [0.25, 0.3) is 11.8 Å². The number of nitrogens with zero attached hydrogens (tertiary/aromatic N) is 4. The summed E-state index contributed by atoms with van der Waals surface area (Å²) in [5, 5.41) is 5.61. The van der Waals surface area contributed by atoms with Crippen LogP contribution in [0.15, 0.2) is 28.8 Å². The number of aromatic nitrogens is 2. The lowest BCUT2D eigenvalue weighted by Gasteiger charge is -2.49. The Balaban J connectivity index is 1.26. The van der Waals surface area contributed by atoms with Gasteiger partial charge in [0.05, 0.1) is 22.6 Å². The molecule has 3 aliphatic rings. The number of piperazine rings is 1. The van der Waals surface area contributed by atoms with Crippen molar-refractivity contribution in [3.8, 4) is 0 Å². The molecule has 4 heterocycles. The SMILES string of the molecule is Cc1cc(C(=O)N2C3CCCC2CN(C(=O)c2ccc4c(Cl)c5c(nc4c2)CCCC5)C3)no1. The van der Waals surface area contributed by atoms with Crippen LogP contribution in [0.4, 0.5) is 0 Å². The molecule has 6 rings (SSSR count). The van der Waals surface area contributed by atoms with Gasteiger partial charge in [-0.25, -0.2) is 0 Å². The molecule has 2 fully saturated rings. The zero-order valence-corrected chi connectivity index (χ0v) is 20.0. The van der Waals surface area contributed by atoms with E-state index in [1.165, 1.54) is 0 Å². The topological polar surface area (TPSA) is 79.5 Å². The van der Waals surface area contributed by atoms with Crippen LogP contribution in [0.3, 0.4) is 0 Å². The van der Waals surface area contributed by atoms with E-state index < -0.39 is 0 Å². The van der Waals surface area contributed by atoms with Crippen molar-refractivity contribution >= 4 is 34.3 Å². The van der Waals surface area contributed by atoms with Gasteiger partial charge in [-0.2, -0.15) is 0 Å². The number of carbonyl (C=O) groups excluding carboxylic acids is 2. The molecule has 0 saturated carbocycles. The van der Waals surface area contributed by atoms with E-state index in [0.717, 1.165) is 72.1 Å². The lowest BCUT2D eigenvalue weighted by atomic mass is 9.90. The second-order valence-corrected chi connectivity index (χ2v) is 10.2. The summed E-state index contributed by atoms with van der Waals surface area (Å²) in [5.41, 5.74) is 3.98.